The van der Waals surface area contributed by atoms with Gasteiger partial charge in [-0.15, -0.1) is 0 Å². The van der Waals surface area contributed by atoms with Crippen molar-refractivity contribution in [1.82, 2.24) is 31.1 Å². The first-order valence-corrected chi connectivity index (χ1v) is 11.8. The molecule has 1 aromatic carbocycles. The van der Waals surface area contributed by atoms with E-state index < -0.39 is 11.1 Å². The summed E-state index contributed by atoms with van der Waals surface area (Å²) in [6.45, 7) is 2.22. The van der Waals surface area contributed by atoms with Crippen molar-refractivity contribution in [3.63, 3.8) is 0 Å². The number of thioether (sulfide) groups is 1. The number of aliphatic imine (C=N–C) groups is 1. The van der Waals surface area contributed by atoms with E-state index in [1.807, 2.05) is 7.05 Å². The fraction of sp³-hybridized carbons (Fsp3) is 0.476. The number of benzene rings is 1. The van der Waals surface area contributed by atoms with Gasteiger partial charge in [0.15, 0.2) is 17.4 Å². The van der Waals surface area contributed by atoms with Crippen LogP contribution < -0.4 is 26.2 Å². The van der Waals surface area contributed by atoms with Gasteiger partial charge in [-0.1, -0.05) is 0 Å². The lowest BCUT2D eigenvalue weighted by molar-refractivity contribution is -0.119. The van der Waals surface area contributed by atoms with Crippen LogP contribution in [-0.2, 0) is 4.79 Å². The average molecular weight is 493 g/mol. The summed E-state index contributed by atoms with van der Waals surface area (Å²) in [5, 5.41) is 6.10. The summed E-state index contributed by atoms with van der Waals surface area (Å²) < 4.78 is 19.2. The summed E-state index contributed by atoms with van der Waals surface area (Å²) >= 11 is 0.949. The Morgan fingerprint density at radius 1 is 1.32 bits per heavy atom. The van der Waals surface area contributed by atoms with E-state index in [4.69, 9.17) is 9.73 Å². The second-order valence-corrected chi connectivity index (χ2v) is 9.47. The number of piperidine rings is 1. The molecule has 4 rings (SSSR count). The van der Waals surface area contributed by atoms with Crippen LogP contribution in [0.25, 0.3) is 0 Å². The molecule has 184 valence electrons. The number of hydrogen-bond donors (Lipinski definition) is 4. The van der Waals surface area contributed by atoms with Crippen molar-refractivity contribution in [3.8, 4) is 5.75 Å². The van der Waals surface area contributed by atoms with E-state index in [1.54, 1.807) is 17.4 Å². The van der Waals surface area contributed by atoms with E-state index in [0.29, 0.717) is 23.5 Å². The Morgan fingerprint density at radius 2 is 2.09 bits per heavy atom. The molecule has 1 aromatic rings. The number of hydrazine groups is 2. The van der Waals surface area contributed by atoms with Gasteiger partial charge in [0.05, 0.1) is 13.3 Å². The molecule has 2 saturated heterocycles. The summed E-state index contributed by atoms with van der Waals surface area (Å²) in [7, 11) is 5.50. The molecule has 3 aliphatic rings. The fourth-order valence-electron chi connectivity index (χ4n) is 3.89. The van der Waals surface area contributed by atoms with E-state index in [0.717, 1.165) is 37.7 Å². The molecule has 3 heterocycles. The first kappa shape index (κ1) is 24.1. The number of carbonyl (C=O) groups is 2. The standard InChI is InChI=1S/C21H29FN8O3S/c1-28-8-6-14(7-9-28)29(2)20-25-18(24-13-4-5-16(33-3)15(22)10-13)12-30(27-20)23-11-17-19(31)26-21(32)34-17/h4-5,10,12,14,17,23-24H,6-9,11H2,1-3H3,(H,25,27)(H,26,31,32). The van der Waals surface area contributed by atoms with Gasteiger partial charge in [-0.2, -0.15) is 4.99 Å². The number of halogens is 1. The SMILES string of the molecule is COc1ccc(NC2=CN(NCC3SC(=O)NC3=O)NC(N(C)C3CCN(C)CC3)=N2)cc1F. The van der Waals surface area contributed by atoms with Gasteiger partial charge in [-0.3, -0.25) is 20.3 Å². The zero-order valence-corrected chi connectivity index (χ0v) is 20.1. The number of carbonyl (C=O) groups excluding carboxylic acids is 2. The molecule has 4 N–H and O–H groups in total. The molecule has 34 heavy (non-hydrogen) atoms. The maximum atomic E-state index is 14.2. The van der Waals surface area contributed by atoms with Gasteiger partial charge in [0.25, 0.3) is 5.24 Å². The summed E-state index contributed by atoms with van der Waals surface area (Å²) in [4.78, 5) is 32.5. The van der Waals surface area contributed by atoms with Gasteiger partial charge in [0.1, 0.15) is 5.25 Å². The van der Waals surface area contributed by atoms with Crippen molar-refractivity contribution in [1.29, 1.82) is 0 Å². The molecule has 0 radical (unpaired) electrons. The first-order chi connectivity index (χ1) is 16.3. The molecule has 0 aliphatic carbocycles. The molecule has 0 spiro atoms. The lowest BCUT2D eigenvalue weighted by Gasteiger charge is -2.39. The van der Waals surface area contributed by atoms with Crippen LogP contribution >= 0.6 is 11.8 Å². The van der Waals surface area contributed by atoms with Crippen LogP contribution in [0.5, 0.6) is 5.75 Å². The number of anilines is 1. The highest BCUT2D eigenvalue weighted by Crippen LogP contribution is 2.23. The van der Waals surface area contributed by atoms with Gasteiger partial charge in [0.2, 0.25) is 11.9 Å². The Kier molecular flexibility index (Phi) is 7.44. The quantitative estimate of drug-likeness (QED) is 0.441. The molecule has 0 saturated carbocycles. The lowest BCUT2D eigenvalue weighted by atomic mass is 10.0. The van der Waals surface area contributed by atoms with Crippen LogP contribution in [0.1, 0.15) is 12.8 Å². The third kappa shape index (κ3) is 5.72. The number of methoxy groups -OCH3 is 1. The second-order valence-electron chi connectivity index (χ2n) is 8.30. The Hall–Kier alpha value is -3.03. The topological polar surface area (TPSA) is 114 Å². The highest BCUT2D eigenvalue weighted by Gasteiger charge is 2.32. The van der Waals surface area contributed by atoms with E-state index in [1.165, 1.54) is 19.2 Å². The van der Waals surface area contributed by atoms with Crippen molar-refractivity contribution >= 4 is 34.6 Å². The van der Waals surface area contributed by atoms with Crippen molar-refractivity contribution in [3.05, 3.63) is 36.0 Å². The summed E-state index contributed by atoms with van der Waals surface area (Å²) in [5.41, 5.74) is 6.83. The number of nitrogens with one attached hydrogen (secondary N) is 4. The minimum atomic E-state index is -0.538. The molecule has 0 aromatic heterocycles. The van der Waals surface area contributed by atoms with Gasteiger partial charge in [0, 0.05) is 31.4 Å². The van der Waals surface area contributed by atoms with Crippen LogP contribution in [0.15, 0.2) is 35.2 Å². The molecule has 3 aliphatic heterocycles. The predicted molar refractivity (Wildman–Crippen MR) is 128 cm³/mol. The van der Waals surface area contributed by atoms with E-state index in [9.17, 15) is 14.0 Å². The molecule has 2 amide bonds. The number of ether oxygens (including phenoxy) is 1. The lowest BCUT2D eigenvalue weighted by Crippen LogP contribution is -2.58. The summed E-state index contributed by atoms with van der Waals surface area (Å²) in [6, 6.07) is 4.87. The molecular formula is C21H29FN8O3S. The molecular weight excluding hydrogens is 463 g/mol. The number of hydrogen-bond acceptors (Lipinski definition) is 11. The molecule has 11 nitrogen and oxygen atoms in total. The molecule has 13 heteroatoms. The molecule has 2 fully saturated rings. The maximum absolute atomic E-state index is 14.2. The number of nitrogens with zero attached hydrogens (tertiary/aromatic N) is 4. The largest absolute Gasteiger partial charge is 0.494 e. The van der Waals surface area contributed by atoms with Crippen molar-refractivity contribution in [2.45, 2.75) is 24.1 Å². The molecule has 0 bridgehead atoms. The van der Waals surface area contributed by atoms with Gasteiger partial charge in [-0.05, 0) is 56.9 Å². The van der Waals surface area contributed by atoms with Crippen LogP contribution in [0.3, 0.4) is 0 Å². The van der Waals surface area contributed by atoms with Crippen LogP contribution in [0.2, 0.25) is 0 Å². The zero-order valence-electron chi connectivity index (χ0n) is 19.3. The summed E-state index contributed by atoms with van der Waals surface area (Å²) in [5.74, 6) is 0.401. The fourth-order valence-corrected chi connectivity index (χ4v) is 4.63. The molecule has 1 unspecified atom stereocenters. The smallest absolute Gasteiger partial charge is 0.286 e. The highest BCUT2D eigenvalue weighted by molar-refractivity contribution is 8.15. The number of rotatable bonds is 7. The van der Waals surface area contributed by atoms with Gasteiger partial charge >= 0.3 is 0 Å². The Balaban J connectivity index is 1.50. The Morgan fingerprint density at radius 3 is 2.74 bits per heavy atom. The van der Waals surface area contributed by atoms with Crippen molar-refractivity contribution < 1.29 is 18.7 Å². The number of likely N-dealkylation sites (tertiary alicyclic amines) is 1. The highest BCUT2D eigenvalue weighted by atomic mass is 32.2. The van der Waals surface area contributed by atoms with Gasteiger partial charge in [-0.25, -0.2) is 14.9 Å². The van der Waals surface area contributed by atoms with Crippen LogP contribution in [-0.4, -0.2) is 84.2 Å². The van der Waals surface area contributed by atoms with E-state index in [2.05, 4.69) is 38.3 Å². The minimum Gasteiger partial charge on any atom is -0.494 e. The zero-order chi connectivity index (χ0) is 24.2. The minimum absolute atomic E-state index is 0.154. The van der Waals surface area contributed by atoms with Crippen molar-refractivity contribution in [2.75, 3.05) is 46.2 Å². The number of amides is 2. The van der Waals surface area contributed by atoms with Crippen LogP contribution in [0.4, 0.5) is 14.9 Å². The third-order valence-electron chi connectivity index (χ3n) is 5.91. The van der Waals surface area contributed by atoms with Crippen molar-refractivity contribution in [2.24, 2.45) is 4.99 Å². The first-order valence-electron chi connectivity index (χ1n) is 11.0. The number of guanidine groups is 1. The predicted octanol–water partition coefficient (Wildman–Crippen LogP) is 1.10. The van der Waals surface area contributed by atoms with E-state index >= 15 is 0 Å². The van der Waals surface area contributed by atoms with Gasteiger partial charge < -0.3 is 19.9 Å². The van der Waals surface area contributed by atoms with Crippen LogP contribution in [0, 0.1) is 5.82 Å². The maximum Gasteiger partial charge on any atom is 0.286 e. The monoisotopic (exact) mass is 492 g/mol. The number of imide groups is 1. The molecule has 1 atom stereocenters. The summed E-state index contributed by atoms with van der Waals surface area (Å²) in [6.07, 6.45) is 3.66. The third-order valence-corrected chi connectivity index (χ3v) is 6.89. The Bertz CT molecular complexity index is 998. The second kappa shape index (κ2) is 10.5. The average Bonchev–Trinajstić information content (AvgIpc) is 3.14. The normalized spacial score (nSPS) is 21.5. The van der Waals surface area contributed by atoms with E-state index in [-0.39, 0.29) is 23.4 Å². The Labute approximate surface area is 201 Å².